The number of aromatic nitrogens is 2. The van der Waals surface area contributed by atoms with Crippen LogP contribution in [0.3, 0.4) is 0 Å². The molecule has 0 radical (unpaired) electrons. The molecule has 2 aromatic rings. The molecule has 0 aliphatic rings. The average Bonchev–Trinajstić information content (AvgIpc) is 2.71. The standard InChI is InChI=1S/C12H14N2O2/c1-3-8-5-6-9-10(7-8)14-11(13-9)12(15)16-4-2/h5-7H,3-4H2,1-2H3,(H,13,14). The maximum atomic E-state index is 11.5. The van der Waals surface area contributed by atoms with Gasteiger partial charge in [0.1, 0.15) is 0 Å². The van der Waals surface area contributed by atoms with Crippen molar-refractivity contribution in [2.75, 3.05) is 6.61 Å². The van der Waals surface area contributed by atoms with Crippen LogP contribution in [0.4, 0.5) is 0 Å². The third-order valence-corrected chi connectivity index (χ3v) is 2.42. The van der Waals surface area contributed by atoms with Crippen molar-refractivity contribution in [3.05, 3.63) is 29.6 Å². The van der Waals surface area contributed by atoms with E-state index in [4.69, 9.17) is 4.74 Å². The third-order valence-electron chi connectivity index (χ3n) is 2.42. The summed E-state index contributed by atoms with van der Waals surface area (Å²) in [5, 5.41) is 0. The molecule has 1 aromatic heterocycles. The average molecular weight is 218 g/mol. The van der Waals surface area contributed by atoms with Gasteiger partial charge in [-0.05, 0) is 31.0 Å². The number of carbonyl (C=O) groups excluding carboxylic acids is 1. The number of imidazole rings is 1. The van der Waals surface area contributed by atoms with Gasteiger partial charge in [0.2, 0.25) is 5.82 Å². The zero-order valence-electron chi connectivity index (χ0n) is 9.41. The van der Waals surface area contributed by atoms with Crippen LogP contribution in [-0.4, -0.2) is 22.5 Å². The molecular formula is C12H14N2O2. The van der Waals surface area contributed by atoms with Gasteiger partial charge in [-0.3, -0.25) is 0 Å². The minimum absolute atomic E-state index is 0.269. The van der Waals surface area contributed by atoms with Crippen LogP contribution < -0.4 is 0 Å². The second kappa shape index (κ2) is 4.35. The van der Waals surface area contributed by atoms with Crippen molar-refractivity contribution >= 4 is 17.0 Å². The lowest BCUT2D eigenvalue weighted by Crippen LogP contribution is -2.06. The van der Waals surface area contributed by atoms with Crippen LogP contribution in [0.5, 0.6) is 0 Å². The molecule has 0 aliphatic carbocycles. The number of nitrogens with zero attached hydrogens (tertiary/aromatic N) is 1. The molecule has 0 saturated carbocycles. The lowest BCUT2D eigenvalue weighted by molar-refractivity contribution is 0.0514. The van der Waals surface area contributed by atoms with Gasteiger partial charge >= 0.3 is 5.97 Å². The molecule has 16 heavy (non-hydrogen) atoms. The molecule has 1 aromatic carbocycles. The van der Waals surface area contributed by atoms with Crippen LogP contribution >= 0.6 is 0 Å². The van der Waals surface area contributed by atoms with Crippen molar-refractivity contribution in [2.24, 2.45) is 0 Å². The number of aromatic amines is 1. The van der Waals surface area contributed by atoms with Crippen LogP contribution in [0.25, 0.3) is 11.0 Å². The Bertz CT molecular complexity index is 517. The number of ether oxygens (including phenoxy) is 1. The predicted molar refractivity (Wildman–Crippen MR) is 61.4 cm³/mol. The number of hydrogen-bond acceptors (Lipinski definition) is 3. The van der Waals surface area contributed by atoms with Crippen LogP contribution in [-0.2, 0) is 11.2 Å². The fourth-order valence-corrected chi connectivity index (χ4v) is 1.57. The highest BCUT2D eigenvalue weighted by Gasteiger charge is 2.11. The van der Waals surface area contributed by atoms with E-state index in [-0.39, 0.29) is 5.82 Å². The first-order valence-corrected chi connectivity index (χ1v) is 5.40. The molecule has 4 nitrogen and oxygen atoms in total. The van der Waals surface area contributed by atoms with Crippen molar-refractivity contribution < 1.29 is 9.53 Å². The van der Waals surface area contributed by atoms with Gasteiger partial charge in [-0.25, -0.2) is 9.78 Å². The molecule has 0 atom stereocenters. The van der Waals surface area contributed by atoms with Gasteiger partial charge in [0.15, 0.2) is 0 Å². The normalized spacial score (nSPS) is 10.6. The third kappa shape index (κ3) is 1.91. The Labute approximate surface area is 93.6 Å². The first kappa shape index (κ1) is 10.7. The molecule has 1 heterocycles. The van der Waals surface area contributed by atoms with Crippen molar-refractivity contribution in [1.82, 2.24) is 9.97 Å². The van der Waals surface area contributed by atoms with Gasteiger partial charge < -0.3 is 9.72 Å². The Kier molecular flexibility index (Phi) is 2.90. The second-order valence-electron chi connectivity index (χ2n) is 3.51. The molecule has 0 amide bonds. The quantitative estimate of drug-likeness (QED) is 0.804. The van der Waals surface area contributed by atoms with E-state index >= 15 is 0 Å². The number of esters is 1. The molecule has 84 valence electrons. The molecule has 0 bridgehead atoms. The second-order valence-corrected chi connectivity index (χ2v) is 3.51. The van der Waals surface area contributed by atoms with Gasteiger partial charge in [-0.15, -0.1) is 0 Å². The fourth-order valence-electron chi connectivity index (χ4n) is 1.57. The molecular weight excluding hydrogens is 204 g/mol. The summed E-state index contributed by atoms with van der Waals surface area (Å²) in [5.41, 5.74) is 2.88. The number of H-pyrrole nitrogens is 1. The monoisotopic (exact) mass is 218 g/mol. The Morgan fingerprint density at radius 2 is 2.25 bits per heavy atom. The van der Waals surface area contributed by atoms with Crippen molar-refractivity contribution in [3.63, 3.8) is 0 Å². The molecule has 0 spiro atoms. The minimum atomic E-state index is -0.406. The summed E-state index contributed by atoms with van der Waals surface area (Å²) in [7, 11) is 0. The first-order valence-electron chi connectivity index (χ1n) is 5.40. The maximum Gasteiger partial charge on any atom is 0.374 e. The van der Waals surface area contributed by atoms with Crippen LogP contribution in [0.15, 0.2) is 18.2 Å². The SMILES string of the molecule is CCOC(=O)c1nc2ccc(CC)cc2[nH]1. The Morgan fingerprint density at radius 1 is 1.44 bits per heavy atom. The van der Waals surface area contributed by atoms with Crippen LogP contribution in [0.2, 0.25) is 0 Å². The van der Waals surface area contributed by atoms with Gasteiger partial charge in [-0.2, -0.15) is 0 Å². The van der Waals surface area contributed by atoms with E-state index in [0.717, 1.165) is 17.5 Å². The molecule has 2 rings (SSSR count). The van der Waals surface area contributed by atoms with E-state index in [1.807, 2.05) is 18.2 Å². The topological polar surface area (TPSA) is 55.0 Å². The van der Waals surface area contributed by atoms with E-state index in [1.165, 1.54) is 5.56 Å². The van der Waals surface area contributed by atoms with E-state index in [0.29, 0.717) is 6.61 Å². The highest BCUT2D eigenvalue weighted by molar-refractivity contribution is 5.90. The number of rotatable bonds is 3. The largest absolute Gasteiger partial charge is 0.460 e. The molecule has 0 aliphatic heterocycles. The van der Waals surface area contributed by atoms with E-state index in [9.17, 15) is 4.79 Å². The van der Waals surface area contributed by atoms with Crippen molar-refractivity contribution in [1.29, 1.82) is 0 Å². The molecule has 0 unspecified atom stereocenters. The summed E-state index contributed by atoms with van der Waals surface area (Å²) in [6.45, 7) is 4.22. The Hall–Kier alpha value is -1.84. The molecule has 1 N–H and O–H groups in total. The van der Waals surface area contributed by atoms with Crippen LogP contribution in [0, 0.1) is 0 Å². The number of hydrogen-bond donors (Lipinski definition) is 1. The smallest absolute Gasteiger partial charge is 0.374 e. The summed E-state index contributed by atoms with van der Waals surface area (Å²) in [5.74, 6) is -0.137. The summed E-state index contributed by atoms with van der Waals surface area (Å²) in [6.07, 6.45) is 0.962. The lowest BCUT2D eigenvalue weighted by atomic mass is 10.1. The maximum absolute atomic E-state index is 11.5. The van der Waals surface area contributed by atoms with Crippen molar-refractivity contribution in [2.45, 2.75) is 20.3 Å². The van der Waals surface area contributed by atoms with E-state index in [1.54, 1.807) is 6.92 Å². The first-order chi connectivity index (χ1) is 7.74. The number of carbonyl (C=O) groups is 1. The summed E-state index contributed by atoms with van der Waals surface area (Å²) < 4.78 is 4.88. The number of aryl methyl sites for hydroxylation is 1. The van der Waals surface area contributed by atoms with E-state index in [2.05, 4.69) is 16.9 Å². The number of fused-ring (bicyclic) bond motifs is 1. The van der Waals surface area contributed by atoms with Gasteiger partial charge in [0, 0.05) is 0 Å². The highest BCUT2D eigenvalue weighted by atomic mass is 16.5. The molecule has 4 heteroatoms. The van der Waals surface area contributed by atoms with Gasteiger partial charge in [0.25, 0.3) is 0 Å². The van der Waals surface area contributed by atoms with Crippen molar-refractivity contribution in [3.8, 4) is 0 Å². The molecule has 0 saturated heterocycles. The predicted octanol–water partition coefficient (Wildman–Crippen LogP) is 2.30. The van der Waals surface area contributed by atoms with Crippen LogP contribution in [0.1, 0.15) is 30.0 Å². The zero-order valence-corrected chi connectivity index (χ0v) is 9.41. The fraction of sp³-hybridized carbons (Fsp3) is 0.333. The summed E-state index contributed by atoms with van der Waals surface area (Å²) >= 11 is 0. The summed E-state index contributed by atoms with van der Waals surface area (Å²) in [6, 6.07) is 5.93. The number of nitrogens with one attached hydrogen (secondary N) is 1. The lowest BCUT2D eigenvalue weighted by Gasteiger charge is -1.95. The Balaban J connectivity index is 2.39. The van der Waals surface area contributed by atoms with Gasteiger partial charge in [-0.1, -0.05) is 13.0 Å². The Morgan fingerprint density at radius 3 is 2.94 bits per heavy atom. The highest BCUT2D eigenvalue weighted by Crippen LogP contribution is 2.14. The zero-order chi connectivity index (χ0) is 11.5. The molecule has 0 fully saturated rings. The van der Waals surface area contributed by atoms with E-state index < -0.39 is 5.97 Å². The number of benzene rings is 1. The summed E-state index contributed by atoms with van der Waals surface area (Å²) in [4.78, 5) is 18.6. The minimum Gasteiger partial charge on any atom is -0.460 e. The van der Waals surface area contributed by atoms with Gasteiger partial charge in [0.05, 0.1) is 17.6 Å².